The quantitative estimate of drug-likeness (QED) is 0.610. The summed E-state index contributed by atoms with van der Waals surface area (Å²) in [4.78, 5) is 5.36. The van der Waals surface area contributed by atoms with E-state index in [9.17, 15) is 0 Å². The smallest absolute Gasteiger partial charge is 0.250 e. The lowest BCUT2D eigenvalue weighted by atomic mass is 10.0. The molecule has 0 saturated heterocycles. The summed E-state index contributed by atoms with van der Waals surface area (Å²) in [5.74, 6) is 0.541. The number of nitrogens with one attached hydrogen (secondary N) is 1. The number of hydrogen-bond acceptors (Lipinski definition) is 7. The highest BCUT2D eigenvalue weighted by molar-refractivity contribution is 7.15. The highest BCUT2D eigenvalue weighted by Crippen LogP contribution is 2.29. The van der Waals surface area contributed by atoms with Crippen LogP contribution in [0.3, 0.4) is 0 Å². The summed E-state index contributed by atoms with van der Waals surface area (Å²) in [5, 5.41) is 19.4. The monoisotopic (exact) mass is 342 g/mol. The summed E-state index contributed by atoms with van der Waals surface area (Å²) < 4.78 is 1.87. The standard InChI is InChI=1S/C15H14N6S2/c1-8-4-5-11(9(2)6-8)12-7-22-15-17-13(20-21(12)15)16-14-19-18-10(3)23-14/h4-7H,1-3H3,(H,16,19,20). The van der Waals surface area contributed by atoms with Crippen LogP contribution >= 0.6 is 22.7 Å². The number of aromatic nitrogens is 5. The molecule has 0 saturated carbocycles. The highest BCUT2D eigenvalue weighted by Gasteiger charge is 2.14. The molecule has 116 valence electrons. The Morgan fingerprint density at radius 1 is 1.13 bits per heavy atom. The van der Waals surface area contributed by atoms with Crippen LogP contribution in [0.5, 0.6) is 0 Å². The Bertz CT molecular complexity index is 997. The van der Waals surface area contributed by atoms with Crippen LogP contribution in [0.25, 0.3) is 16.2 Å². The van der Waals surface area contributed by atoms with Crippen LogP contribution in [0.1, 0.15) is 16.1 Å². The molecular weight excluding hydrogens is 328 g/mol. The normalized spacial score (nSPS) is 11.3. The summed E-state index contributed by atoms with van der Waals surface area (Å²) in [6.07, 6.45) is 0. The van der Waals surface area contributed by atoms with E-state index in [1.165, 1.54) is 28.0 Å². The van der Waals surface area contributed by atoms with Gasteiger partial charge in [0.1, 0.15) is 5.01 Å². The molecule has 6 nitrogen and oxygen atoms in total. The molecule has 1 aromatic carbocycles. The van der Waals surface area contributed by atoms with Gasteiger partial charge in [0.2, 0.25) is 16.0 Å². The fourth-order valence-electron chi connectivity index (χ4n) is 2.46. The lowest BCUT2D eigenvalue weighted by Gasteiger charge is -2.05. The van der Waals surface area contributed by atoms with Gasteiger partial charge in [0.15, 0.2) is 0 Å². The molecule has 0 atom stereocenters. The second-order valence-electron chi connectivity index (χ2n) is 5.32. The fraction of sp³-hybridized carbons (Fsp3) is 0.200. The molecule has 3 aromatic heterocycles. The van der Waals surface area contributed by atoms with E-state index in [1.54, 1.807) is 11.3 Å². The van der Waals surface area contributed by atoms with E-state index in [1.807, 2.05) is 11.4 Å². The van der Waals surface area contributed by atoms with E-state index >= 15 is 0 Å². The summed E-state index contributed by atoms with van der Waals surface area (Å²) >= 11 is 3.06. The number of aryl methyl sites for hydroxylation is 3. The molecule has 0 amide bonds. The number of anilines is 2. The van der Waals surface area contributed by atoms with Crippen molar-refractivity contribution in [3.05, 3.63) is 39.7 Å². The van der Waals surface area contributed by atoms with Crippen molar-refractivity contribution in [1.29, 1.82) is 0 Å². The molecule has 8 heteroatoms. The second-order valence-corrected chi connectivity index (χ2v) is 7.34. The number of hydrogen-bond donors (Lipinski definition) is 1. The Labute approximate surface area is 140 Å². The molecular formula is C15H14N6S2. The van der Waals surface area contributed by atoms with Crippen LogP contribution in [-0.2, 0) is 0 Å². The molecule has 0 fully saturated rings. The van der Waals surface area contributed by atoms with Crippen molar-refractivity contribution < 1.29 is 0 Å². The summed E-state index contributed by atoms with van der Waals surface area (Å²) in [5.41, 5.74) is 4.71. The first-order chi connectivity index (χ1) is 11.1. The Morgan fingerprint density at radius 2 is 2.00 bits per heavy atom. The third-order valence-electron chi connectivity index (χ3n) is 3.48. The zero-order valence-electron chi connectivity index (χ0n) is 12.9. The molecule has 0 aliphatic rings. The Morgan fingerprint density at radius 3 is 2.74 bits per heavy atom. The maximum Gasteiger partial charge on any atom is 0.250 e. The van der Waals surface area contributed by atoms with Crippen LogP contribution in [0.4, 0.5) is 11.1 Å². The molecule has 0 spiro atoms. The van der Waals surface area contributed by atoms with E-state index in [2.05, 4.69) is 63.0 Å². The van der Waals surface area contributed by atoms with Gasteiger partial charge in [-0.25, -0.2) is 4.52 Å². The van der Waals surface area contributed by atoms with Crippen molar-refractivity contribution in [3.63, 3.8) is 0 Å². The van der Waals surface area contributed by atoms with Gasteiger partial charge >= 0.3 is 0 Å². The summed E-state index contributed by atoms with van der Waals surface area (Å²) in [6, 6.07) is 6.43. The average molecular weight is 342 g/mol. The van der Waals surface area contributed by atoms with Crippen LogP contribution in [0, 0.1) is 20.8 Å². The molecule has 0 aliphatic carbocycles. The van der Waals surface area contributed by atoms with E-state index in [4.69, 9.17) is 0 Å². The molecule has 0 radical (unpaired) electrons. The van der Waals surface area contributed by atoms with Crippen LogP contribution in [0.2, 0.25) is 0 Å². The van der Waals surface area contributed by atoms with Crippen molar-refractivity contribution in [2.75, 3.05) is 5.32 Å². The van der Waals surface area contributed by atoms with Crippen molar-refractivity contribution in [3.8, 4) is 11.3 Å². The molecule has 4 rings (SSSR count). The predicted molar refractivity (Wildman–Crippen MR) is 93.7 cm³/mol. The number of rotatable bonds is 3. The van der Waals surface area contributed by atoms with Gasteiger partial charge in [-0.05, 0) is 26.3 Å². The van der Waals surface area contributed by atoms with Gasteiger partial charge in [-0.15, -0.1) is 26.6 Å². The number of benzene rings is 1. The Balaban J connectivity index is 1.74. The average Bonchev–Trinajstić information content (AvgIpc) is 3.16. The van der Waals surface area contributed by atoms with E-state index in [0.29, 0.717) is 11.1 Å². The van der Waals surface area contributed by atoms with Crippen molar-refractivity contribution in [1.82, 2.24) is 24.8 Å². The molecule has 4 aromatic rings. The topological polar surface area (TPSA) is 68.0 Å². The minimum Gasteiger partial charge on any atom is -0.297 e. The molecule has 3 heterocycles. The molecule has 23 heavy (non-hydrogen) atoms. The predicted octanol–water partition coefficient (Wildman–Crippen LogP) is 3.98. The lowest BCUT2D eigenvalue weighted by molar-refractivity contribution is 0.982. The summed E-state index contributed by atoms with van der Waals surface area (Å²) in [6.45, 7) is 6.13. The summed E-state index contributed by atoms with van der Waals surface area (Å²) in [7, 11) is 0. The minimum atomic E-state index is 0.541. The first kappa shape index (κ1) is 14.3. The number of nitrogens with zero attached hydrogens (tertiary/aromatic N) is 5. The van der Waals surface area contributed by atoms with Gasteiger partial charge in [0, 0.05) is 10.9 Å². The number of thiazole rings is 1. The Hall–Kier alpha value is -2.32. The molecule has 0 aliphatic heterocycles. The van der Waals surface area contributed by atoms with Gasteiger partial charge in [0.25, 0.3) is 0 Å². The van der Waals surface area contributed by atoms with Crippen molar-refractivity contribution >= 4 is 38.7 Å². The number of fused-ring (bicyclic) bond motifs is 1. The van der Waals surface area contributed by atoms with Gasteiger partial charge in [0.05, 0.1) is 5.69 Å². The maximum atomic E-state index is 4.56. The van der Waals surface area contributed by atoms with Gasteiger partial charge in [-0.2, -0.15) is 4.98 Å². The van der Waals surface area contributed by atoms with Gasteiger partial charge < -0.3 is 0 Å². The first-order valence-corrected chi connectivity index (χ1v) is 8.79. The zero-order valence-corrected chi connectivity index (χ0v) is 14.5. The maximum absolute atomic E-state index is 4.56. The second kappa shape index (κ2) is 5.39. The van der Waals surface area contributed by atoms with Gasteiger partial charge in [-0.1, -0.05) is 35.1 Å². The first-order valence-electron chi connectivity index (χ1n) is 7.09. The van der Waals surface area contributed by atoms with Crippen LogP contribution < -0.4 is 5.32 Å². The third-order valence-corrected chi connectivity index (χ3v) is 5.05. The van der Waals surface area contributed by atoms with E-state index < -0.39 is 0 Å². The van der Waals surface area contributed by atoms with Crippen LogP contribution in [-0.4, -0.2) is 24.8 Å². The Kier molecular flexibility index (Phi) is 3.35. The van der Waals surface area contributed by atoms with Crippen molar-refractivity contribution in [2.45, 2.75) is 20.8 Å². The van der Waals surface area contributed by atoms with E-state index in [-0.39, 0.29) is 0 Å². The SMILES string of the molecule is Cc1ccc(-c2csc3nc(Nc4nnc(C)s4)nn23)c(C)c1. The van der Waals surface area contributed by atoms with E-state index in [0.717, 1.165) is 15.7 Å². The van der Waals surface area contributed by atoms with Gasteiger partial charge in [-0.3, -0.25) is 5.32 Å². The highest BCUT2D eigenvalue weighted by atomic mass is 32.1. The zero-order chi connectivity index (χ0) is 16.0. The molecule has 1 N–H and O–H groups in total. The van der Waals surface area contributed by atoms with Crippen LogP contribution in [0.15, 0.2) is 23.6 Å². The lowest BCUT2D eigenvalue weighted by Crippen LogP contribution is -1.95. The fourth-order valence-corrected chi connectivity index (χ4v) is 3.87. The third kappa shape index (κ3) is 2.60. The largest absolute Gasteiger partial charge is 0.297 e. The van der Waals surface area contributed by atoms with Crippen molar-refractivity contribution in [2.24, 2.45) is 0 Å². The molecule has 0 bridgehead atoms. The minimum absolute atomic E-state index is 0.541. The molecule has 0 unspecified atom stereocenters.